The minimum atomic E-state index is -4.63. The Morgan fingerprint density at radius 1 is 1.18 bits per heavy atom. The van der Waals surface area contributed by atoms with Crippen molar-refractivity contribution in [2.24, 2.45) is 0 Å². The number of nitrogens with one attached hydrogen (secondary N) is 1. The van der Waals surface area contributed by atoms with Gasteiger partial charge in [-0.2, -0.15) is 23.4 Å². The Kier molecular flexibility index (Phi) is 7.32. The highest BCUT2D eigenvalue weighted by Gasteiger charge is 2.34. The van der Waals surface area contributed by atoms with Crippen molar-refractivity contribution in [1.29, 1.82) is 0 Å². The summed E-state index contributed by atoms with van der Waals surface area (Å²) >= 11 is 0. The van der Waals surface area contributed by atoms with E-state index in [9.17, 15) is 22.8 Å². The normalized spacial score (nSPS) is 11.7. The van der Waals surface area contributed by atoms with E-state index in [1.165, 1.54) is 31.3 Å². The number of hydrogen-bond donors (Lipinski definition) is 1. The number of nitrogens with zero attached hydrogens (tertiary/aromatic N) is 5. The predicted molar refractivity (Wildman–Crippen MR) is 118 cm³/mol. The summed E-state index contributed by atoms with van der Waals surface area (Å²) in [6.45, 7) is 8.78. The standard InChI is InChI=1S/C22H25F3N6O2/c1-4-29(5-2)10-11-30-14-16(13-26-30)27-21(33)20-19(32)12-15(3)31(28-20)18-9-7-6-8-17(18)22(23,24)25/h6-9,12-14H,4-5,10-11H2,1-3H3,(H,27,33). The first-order valence-electron chi connectivity index (χ1n) is 10.5. The van der Waals surface area contributed by atoms with Crippen molar-refractivity contribution in [2.75, 3.05) is 25.0 Å². The lowest BCUT2D eigenvalue weighted by atomic mass is 10.1. The summed E-state index contributed by atoms with van der Waals surface area (Å²) in [5, 5.41) is 10.7. The van der Waals surface area contributed by atoms with Crippen LogP contribution in [0.1, 0.15) is 35.6 Å². The fourth-order valence-corrected chi connectivity index (χ4v) is 3.37. The van der Waals surface area contributed by atoms with Crippen LogP contribution in [0.5, 0.6) is 0 Å². The van der Waals surface area contributed by atoms with Crippen molar-refractivity contribution >= 4 is 11.6 Å². The lowest BCUT2D eigenvalue weighted by Crippen LogP contribution is -2.27. The molecule has 3 rings (SSSR count). The smallest absolute Gasteiger partial charge is 0.318 e. The Morgan fingerprint density at radius 3 is 2.55 bits per heavy atom. The molecule has 176 valence electrons. The fourth-order valence-electron chi connectivity index (χ4n) is 3.37. The SMILES string of the molecule is CCN(CC)CCn1cc(NC(=O)c2nn(-c3ccccc3C(F)(F)F)c(C)cc2=O)cn1. The van der Waals surface area contributed by atoms with Crippen LogP contribution in [-0.4, -0.2) is 50.0 Å². The quantitative estimate of drug-likeness (QED) is 0.555. The average Bonchev–Trinajstić information content (AvgIpc) is 3.21. The van der Waals surface area contributed by atoms with Crippen LogP contribution >= 0.6 is 0 Å². The Balaban J connectivity index is 1.86. The lowest BCUT2D eigenvalue weighted by molar-refractivity contribution is -0.137. The summed E-state index contributed by atoms with van der Waals surface area (Å²) in [6, 6.07) is 5.92. The van der Waals surface area contributed by atoms with Gasteiger partial charge in [0.25, 0.3) is 5.91 Å². The molecule has 0 aliphatic carbocycles. The number of halogens is 3. The molecule has 0 saturated carbocycles. The number of aryl methyl sites for hydroxylation is 1. The van der Waals surface area contributed by atoms with Crippen LogP contribution in [0.3, 0.4) is 0 Å². The number of rotatable bonds is 8. The number of benzene rings is 1. The highest BCUT2D eigenvalue weighted by atomic mass is 19.4. The molecule has 1 N–H and O–H groups in total. The highest BCUT2D eigenvalue weighted by molar-refractivity contribution is 6.02. The Hall–Kier alpha value is -3.47. The third-order valence-corrected chi connectivity index (χ3v) is 5.19. The topological polar surface area (TPSA) is 85.0 Å². The minimum Gasteiger partial charge on any atom is -0.318 e. The predicted octanol–water partition coefficient (Wildman–Crippen LogP) is 3.35. The van der Waals surface area contributed by atoms with Crippen LogP contribution in [-0.2, 0) is 12.7 Å². The zero-order chi connectivity index (χ0) is 24.2. The molecule has 2 heterocycles. The molecule has 2 aromatic heterocycles. The van der Waals surface area contributed by atoms with Crippen molar-refractivity contribution in [2.45, 2.75) is 33.5 Å². The van der Waals surface area contributed by atoms with Gasteiger partial charge in [-0.15, -0.1) is 0 Å². The monoisotopic (exact) mass is 462 g/mol. The molecule has 0 radical (unpaired) electrons. The second kappa shape index (κ2) is 9.99. The molecule has 33 heavy (non-hydrogen) atoms. The van der Waals surface area contributed by atoms with Gasteiger partial charge in [0.15, 0.2) is 5.69 Å². The van der Waals surface area contributed by atoms with Crippen molar-refractivity contribution in [3.63, 3.8) is 0 Å². The average molecular weight is 462 g/mol. The first kappa shape index (κ1) is 24.2. The van der Waals surface area contributed by atoms with Crippen LogP contribution in [0.2, 0.25) is 0 Å². The molecule has 0 aliphatic heterocycles. The van der Waals surface area contributed by atoms with E-state index in [1.54, 1.807) is 10.9 Å². The van der Waals surface area contributed by atoms with E-state index >= 15 is 0 Å². The van der Waals surface area contributed by atoms with Crippen molar-refractivity contribution in [1.82, 2.24) is 24.5 Å². The van der Waals surface area contributed by atoms with Gasteiger partial charge in [0.2, 0.25) is 5.43 Å². The number of aromatic nitrogens is 4. The van der Waals surface area contributed by atoms with Crippen molar-refractivity contribution < 1.29 is 18.0 Å². The zero-order valence-corrected chi connectivity index (χ0v) is 18.6. The molecule has 0 unspecified atom stereocenters. The highest BCUT2D eigenvalue weighted by Crippen LogP contribution is 2.33. The van der Waals surface area contributed by atoms with E-state index in [1.807, 2.05) is 0 Å². The molecular formula is C22H25F3N6O2. The number of amides is 1. The Bertz CT molecular complexity index is 1180. The summed E-state index contributed by atoms with van der Waals surface area (Å²) in [7, 11) is 0. The van der Waals surface area contributed by atoms with Gasteiger partial charge in [0.1, 0.15) is 0 Å². The summed E-state index contributed by atoms with van der Waals surface area (Å²) in [6.07, 6.45) is -1.57. The van der Waals surface area contributed by atoms with E-state index in [-0.39, 0.29) is 11.4 Å². The molecule has 0 spiro atoms. The summed E-state index contributed by atoms with van der Waals surface area (Å²) in [5.41, 5.74) is -1.90. The zero-order valence-electron chi connectivity index (χ0n) is 18.6. The molecular weight excluding hydrogens is 437 g/mol. The largest absolute Gasteiger partial charge is 0.418 e. The fraction of sp³-hybridized carbons (Fsp3) is 0.364. The van der Waals surface area contributed by atoms with E-state index < -0.39 is 28.8 Å². The van der Waals surface area contributed by atoms with Gasteiger partial charge in [-0.1, -0.05) is 26.0 Å². The number of hydrogen-bond acceptors (Lipinski definition) is 5. The second-order valence-corrected chi connectivity index (χ2v) is 7.40. The molecule has 1 amide bonds. The molecule has 0 aliphatic rings. The summed E-state index contributed by atoms with van der Waals surface area (Å²) in [5.74, 6) is -0.832. The number of carbonyl (C=O) groups is 1. The third-order valence-electron chi connectivity index (χ3n) is 5.19. The van der Waals surface area contributed by atoms with E-state index in [2.05, 4.69) is 34.3 Å². The van der Waals surface area contributed by atoms with Crippen LogP contribution in [0, 0.1) is 6.92 Å². The maximum Gasteiger partial charge on any atom is 0.418 e. The van der Waals surface area contributed by atoms with Crippen molar-refractivity contribution in [3.8, 4) is 5.69 Å². The number of carbonyl (C=O) groups excluding carboxylic acids is 1. The third kappa shape index (κ3) is 5.67. The van der Waals surface area contributed by atoms with Crippen LogP contribution < -0.4 is 10.7 Å². The molecule has 3 aromatic rings. The summed E-state index contributed by atoms with van der Waals surface area (Å²) in [4.78, 5) is 27.3. The van der Waals surface area contributed by atoms with E-state index in [0.29, 0.717) is 12.2 Å². The van der Waals surface area contributed by atoms with Crippen LogP contribution in [0.4, 0.5) is 18.9 Å². The molecule has 11 heteroatoms. The maximum atomic E-state index is 13.5. The molecule has 8 nitrogen and oxygen atoms in total. The molecule has 0 bridgehead atoms. The molecule has 0 saturated heterocycles. The van der Waals surface area contributed by atoms with E-state index in [4.69, 9.17) is 0 Å². The second-order valence-electron chi connectivity index (χ2n) is 7.40. The van der Waals surface area contributed by atoms with Gasteiger partial charge >= 0.3 is 6.18 Å². The molecule has 1 aromatic carbocycles. The number of alkyl halides is 3. The maximum absolute atomic E-state index is 13.5. The van der Waals surface area contributed by atoms with Crippen LogP contribution in [0.25, 0.3) is 5.69 Å². The number of para-hydroxylation sites is 1. The molecule has 0 atom stereocenters. The van der Waals surface area contributed by atoms with Gasteiger partial charge < -0.3 is 10.2 Å². The van der Waals surface area contributed by atoms with Crippen LogP contribution in [0.15, 0.2) is 47.5 Å². The first-order chi connectivity index (χ1) is 15.6. The number of anilines is 1. The van der Waals surface area contributed by atoms with Gasteiger partial charge in [0, 0.05) is 24.5 Å². The first-order valence-corrected chi connectivity index (χ1v) is 10.5. The number of likely N-dealkylation sites (N-methyl/N-ethyl adjacent to an activating group) is 1. The Morgan fingerprint density at radius 2 is 1.88 bits per heavy atom. The van der Waals surface area contributed by atoms with Gasteiger partial charge in [-0.05, 0) is 32.1 Å². The van der Waals surface area contributed by atoms with Gasteiger partial charge in [0.05, 0.1) is 29.7 Å². The van der Waals surface area contributed by atoms with Gasteiger partial charge in [-0.3, -0.25) is 14.3 Å². The lowest BCUT2D eigenvalue weighted by Gasteiger charge is -2.17. The minimum absolute atomic E-state index is 0.164. The molecule has 0 fully saturated rings. The summed E-state index contributed by atoms with van der Waals surface area (Å²) < 4.78 is 43.0. The Labute approximate surface area is 188 Å². The van der Waals surface area contributed by atoms with E-state index in [0.717, 1.165) is 36.4 Å². The van der Waals surface area contributed by atoms with Gasteiger partial charge in [-0.25, -0.2) is 4.68 Å². The van der Waals surface area contributed by atoms with Crippen molar-refractivity contribution in [3.05, 3.63) is 69.9 Å².